The topological polar surface area (TPSA) is 45.4 Å². The van der Waals surface area contributed by atoms with Crippen molar-refractivity contribution in [1.82, 2.24) is 5.32 Å². The van der Waals surface area contributed by atoms with E-state index in [2.05, 4.69) is 5.32 Å². The molecule has 1 aromatic heterocycles. The molecule has 0 amide bonds. The summed E-state index contributed by atoms with van der Waals surface area (Å²) in [6.45, 7) is 1.54. The van der Waals surface area contributed by atoms with Crippen molar-refractivity contribution >= 4 is 0 Å². The molecule has 100 valence electrons. The van der Waals surface area contributed by atoms with Crippen LogP contribution >= 0.6 is 0 Å². The van der Waals surface area contributed by atoms with E-state index in [0.717, 1.165) is 37.3 Å². The van der Waals surface area contributed by atoms with E-state index < -0.39 is 0 Å². The van der Waals surface area contributed by atoms with Crippen molar-refractivity contribution in [2.24, 2.45) is 5.41 Å². The van der Waals surface area contributed by atoms with Crippen molar-refractivity contribution in [2.45, 2.75) is 25.5 Å². The molecule has 1 fully saturated rings. The summed E-state index contributed by atoms with van der Waals surface area (Å²) in [6, 6.07) is 13.8. The van der Waals surface area contributed by atoms with Crippen LogP contribution < -0.4 is 5.32 Å². The van der Waals surface area contributed by atoms with E-state index in [1.807, 2.05) is 42.5 Å². The van der Waals surface area contributed by atoms with Gasteiger partial charge in [-0.25, -0.2) is 0 Å². The number of hydrogen-bond donors (Lipinski definition) is 2. The Morgan fingerprint density at radius 2 is 1.95 bits per heavy atom. The minimum Gasteiger partial charge on any atom is -0.468 e. The van der Waals surface area contributed by atoms with Crippen molar-refractivity contribution in [3.63, 3.8) is 0 Å². The molecule has 3 rings (SSSR count). The SMILES string of the molecule is OC(c1ccccc1)C1(CNCc2ccco2)CC1. The molecule has 0 spiro atoms. The lowest BCUT2D eigenvalue weighted by Gasteiger charge is -2.23. The van der Waals surface area contributed by atoms with Gasteiger partial charge in [0.05, 0.1) is 18.9 Å². The molecule has 1 aliphatic carbocycles. The summed E-state index contributed by atoms with van der Waals surface area (Å²) < 4.78 is 5.29. The predicted octanol–water partition coefficient (Wildman–Crippen LogP) is 2.88. The number of nitrogens with one attached hydrogen (secondary N) is 1. The van der Waals surface area contributed by atoms with Gasteiger partial charge in [0, 0.05) is 12.0 Å². The fourth-order valence-electron chi connectivity index (χ4n) is 2.54. The second-order valence-corrected chi connectivity index (χ2v) is 5.36. The van der Waals surface area contributed by atoms with Gasteiger partial charge in [0.15, 0.2) is 0 Å². The van der Waals surface area contributed by atoms with Crippen LogP contribution in [0.15, 0.2) is 53.1 Å². The highest BCUT2D eigenvalue weighted by Gasteiger charge is 2.48. The minimum absolute atomic E-state index is 0.00788. The first-order chi connectivity index (χ1) is 9.30. The molecule has 1 heterocycles. The molecule has 3 nitrogen and oxygen atoms in total. The molecule has 0 radical (unpaired) electrons. The average Bonchev–Trinajstić information content (AvgIpc) is 3.06. The van der Waals surface area contributed by atoms with Crippen LogP contribution in [0, 0.1) is 5.41 Å². The van der Waals surface area contributed by atoms with Crippen LogP contribution in [-0.4, -0.2) is 11.7 Å². The van der Waals surface area contributed by atoms with Crippen LogP contribution in [0.4, 0.5) is 0 Å². The van der Waals surface area contributed by atoms with Gasteiger partial charge in [-0.2, -0.15) is 0 Å². The second kappa shape index (κ2) is 5.19. The lowest BCUT2D eigenvalue weighted by molar-refractivity contribution is 0.0914. The summed E-state index contributed by atoms with van der Waals surface area (Å²) in [5.74, 6) is 0.935. The lowest BCUT2D eigenvalue weighted by Crippen LogP contribution is -2.28. The summed E-state index contributed by atoms with van der Waals surface area (Å²) in [4.78, 5) is 0. The van der Waals surface area contributed by atoms with Gasteiger partial charge in [0.2, 0.25) is 0 Å². The number of furan rings is 1. The Morgan fingerprint density at radius 1 is 1.16 bits per heavy atom. The Labute approximate surface area is 113 Å². The van der Waals surface area contributed by atoms with E-state index in [1.165, 1.54) is 0 Å². The van der Waals surface area contributed by atoms with Gasteiger partial charge in [0.1, 0.15) is 5.76 Å². The van der Waals surface area contributed by atoms with Gasteiger partial charge in [-0.15, -0.1) is 0 Å². The van der Waals surface area contributed by atoms with Crippen molar-refractivity contribution in [3.05, 3.63) is 60.1 Å². The molecule has 1 unspecified atom stereocenters. The Kier molecular flexibility index (Phi) is 3.40. The van der Waals surface area contributed by atoms with Gasteiger partial charge < -0.3 is 14.8 Å². The van der Waals surface area contributed by atoms with Crippen LogP contribution in [0.5, 0.6) is 0 Å². The molecule has 0 bridgehead atoms. The van der Waals surface area contributed by atoms with Gasteiger partial charge in [-0.05, 0) is 30.5 Å². The Bertz CT molecular complexity index is 503. The Hall–Kier alpha value is -1.58. The number of hydrogen-bond acceptors (Lipinski definition) is 3. The van der Waals surface area contributed by atoms with E-state index in [9.17, 15) is 5.11 Å². The molecule has 1 aromatic carbocycles. The third-order valence-electron chi connectivity index (χ3n) is 3.94. The predicted molar refractivity (Wildman–Crippen MR) is 73.5 cm³/mol. The second-order valence-electron chi connectivity index (χ2n) is 5.36. The zero-order valence-corrected chi connectivity index (χ0v) is 10.9. The van der Waals surface area contributed by atoms with E-state index in [4.69, 9.17) is 4.42 Å². The molecular formula is C16H19NO2. The van der Waals surface area contributed by atoms with E-state index in [1.54, 1.807) is 6.26 Å². The Balaban J connectivity index is 1.57. The number of rotatable bonds is 6. The van der Waals surface area contributed by atoms with Gasteiger partial charge in [-0.3, -0.25) is 0 Å². The van der Waals surface area contributed by atoms with Crippen LogP contribution in [0.1, 0.15) is 30.3 Å². The van der Waals surface area contributed by atoms with Crippen molar-refractivity contribution in [3.8, 4) is 0 Å². The van der Waals surface area contributed by atoms with Gasteiger partial charge in [0.25, 0.3) is 0 Å². The highest BCUT2D eigenvalue weighted by atomic mass is 16.3. The van der Waals surface area contributed by atoms with Crippen molar-refractivity contribution < 1.29 is 9.52 Å². The van der Waals surface area contributed by atoms with E-state index >= 15 is 0 Å². The summed E-state index contributed by atoms with van der Waals surface area (Å²) in [5.41, 5.74) is 1.02. The minimum atomic E-state index is -0.377. The molecule has 0 aliphatic heterocycles. The van der Waals surface area contributed by atoms with E-state index in [-0.39, 0.29) is 11.5 Å². The van der Waals surface area contributed by atoms with Crippen LogP contribution in [0.25, 0.3) is 0 Å². The maximum Gasteiger partial charge on any atom is 0.117 e. The summed E-state index contributed by atoms with van der Waals surface area (Å²) in [6.07, 6.45) is 3.46. The monoisotopic (exact) mass is 257 g/mol. The number of benzene rings is 1. The number of aliphatic hydroxyl groups excluding tert-OH is 1. The van der Waals surface area contributed by atoms with Crippen LogP contribution in [0.2, 0.25) is 0 Å². The van der Waals surface area contributed by atoms with Crippen LogP contribution in [0.3, 0.4) is 0 Å². The smallest absolute Gasteiger partial charge is 0.117 e. The summed E-state index contributed by atoms with van der Waals surface area (Å²) >= 11 is 0. The fraction of sp³-hybridized carbons (Fsp3) is 0.375. The molecule has 2 N–H and O–H groups in total. The van der Waals surface area contributed by atoms with Crippen LogP contribution in [-0.2, 0) is 6.54 Å². The molecule has 2 aromatic rings. The van der Waals surface area contributed by atoms with Crippen molar-refractivity contribution in [2.75, 3.05) is 6.54 Å². The van der Waals surface area contributed by atoms with E-state index in [0.29, 0.717) is 0 Å². The molecule has 1 atom stereocenters. The maximum absolute atomic E-state index is 10.5. The fourth-order valence-corrected chi connectivity index (χ4v) is 2.54. The average molecular weight is 257 g/mol. The molecule has 0 saturated heterocycles. The lowest BCUT2D eigenvalue weighted by atomic mass is 9.93. The first kappa shape index (κ1) is 12.5. The zero-order valence-electron chi connectivity index (χ0n) is 10.9. The molecule has 19 heavy (non-hydrogen) atoms. The molecular weight excluding hydrogens is 238 g/mol. The largest absolute Gasteiger partial charge is 0.468 e. The summed E-state index contributed by atoms with van der Waals surface area (Å²) in [5, 5.41) is 13.9. The first-order valence-corrected chi connectivity index (χ1v) is 6.76. The zero-order chi connectivity index (χ0) is 13.1. The number of aliphatic hydroxyl groups is 1. The first-order valence-electron chi connectivity index (χ1n) is 6.76. The molecule has 3 heteroatoms. The third-order valence-corrected chi connectivity index (χ3v) is 3.94. The highest BCUT2D eigenvalue weighted by Crippen LogP contribution is 2.54. The normalized spacial score (nSPS) is 18.2. The standard InChI is InChI=1S/C16H19NO2/c18-15(13-5-2-1-3-6-13)16(8-9-16)12-17-11-14-7-4-10-19-14/h1-7,10,15,17-18H,8-9,11-12H2. The molecule has 1 saturated carbocycles. The quantitative estimate of drug-likeness (QED) is 0.836. The highest BCUT2D eigenvalue weighted by molar-refractivity contribution is 5.22. The van der Waals surface area contributed by atoms with Gasteiger partial charge >= 0.3 is 0 Å². The third kappa shape index (κ3) is 2.72. The van der Waals surface area contributed by atoms with Gasteiger partial charge in [-0.1, -0.05) is 30.3 Å². The summed E-state index contributed by atoms with van der Waals surface area (Å²) in [7, 11) is 0. The molecule has 1 aliphatic rings. The Morgan fingerprint density at radius 3 is 2.58 bits per heavy atom. The maximum atomic E-state index is 10.5. The van der Waals surface area contributed by atoms with Crippen molar-refractivity contribution in [1.29, 1.82) is 0 Å².